The van der Waals surface area contributed by atoms with E-state index >= 15 is 0 Å². The Kier molecular flexibility index (Phi) is 20.2. The Labute approximate surface area is 43.9 Å². The summed E-state index contributed by atoms with van der Waals surface area (Å²) in [5.41, 5.74) is 0. The number of hydrogen-bond acceptors (Lipinski definition) is 2. The van der Waals surface area contributed by atoms with Crippen LogP contribution in [-0.4, -0.2) is 17.7 Å². The van der Waals surface area contributed by atoms with Crippen molar-refractivity contribution in [2.75, 3.05) is 0 Å². The smallest absolute Gasteiger partial charge is 0.430 e. The molecule has 0 radical (unpaired) electrons. The van der Waals surface area contributed by atoms with Gasteiger partial charge in [0.2, 0.25) is 0 Å². The van der Waals surface area contributed by atoms with Crippen molar-refractivity contribution in [1.82, 2.24) is 0 Å². The molecule has 22 valence electrons. The maximum atomic E-state index is 7.12. The van der Waals surface area contributed by atoms with E-state index in [1.165, 1.54) is 0 Å². The minimum atomic E-state index is -0.750. The predicted molar refractivity (Wildman–Crippen MR) is 11.6 cm³/mol. The van der Waals surface area contributed by atoms with Crippen LogP contribution in [0.15, 0.2) is 0 Å². The molecular weight excluding hydrogens is 221 g/mol. The molecule has 0 rings (SSSR count). The van der Waals surface area contributed by atoms with Crippen LogP contribution in [0.2, 0.25) is 0 Å². The van der Waals surface area contributed by atoms with Gasteiger partial charge < -0.3 is 10.0 Å². The normalized spacial score (nSPS) is 3.50. The van der Waals surface area contributed by atoms with E-state index in [1.54, 1.807) is 0 Å². The van der Waals surface area contributed by atoms with Crippen LogP contribution in [0.25, 0.3) is 0 Å². The molecule has 4 heavy (non-hydrogen) atoms. The van der Waals surface area contributed by atoms with E-state index < -0.39 is 7.69 Å². The van der Waals surface area contributed by atoms with E-state index in [0.29, 0.717) is 0 Å². The Morgan fingerprint density at radius 3 is 1.25 bits per heavy atom. The second-order valence-corrected chi connectivity index (χ2v) is 0.141. The summed E-state index contributed by atoms with van der Waals surface area (Å²) in [5.74, 6) is 0. The molecule has 2 N–H and O–H groups in total. The topological polar surface area (TPSA) is 40.5 Å². The number of hydrogen-bond donors (Lipinski definition) is 2. The van der Waals surface area contributed by atoms with E-state index in [-0.39, 0.29) is 25.8 Å². The van der Waals surface area contributed by atoms with Gasteiger partial charge in [0.15, 0.2) is 0 Å². The third-order valence-corrected chi connectivity index (χ3v) is 0. The molecule has 0 aromatic heterocycles. The molecule has 0 unspecified atom stereocenters. The summed E-state index contributed by atoms with van der Waals surface area (Å²) in [7, 11) is -0.750. The van der Waals surface area contributed by atoms with E-state index in [4.69, 9.17) is 10.0 Å². The zero-order chi connectivity index (χ0) is 2.71. The Morgan fingerprint density at radius 2 is 1.25 bits per heavy atom. The van der Waals surface area contributed by atoms with Gasteiger partial charge in [0.05, 0.1) is 0 Å². The Hall–Kier alpha value is 0.855. The molecule has 4 heteroatoms. The Balaban J connectivity index is 0. The molecule has 0 aliphatic carbocycles. The second-order valence-electron chi connectivity index (χ2n) is 0.141. The van der Waals surface area contributed by atoms with Crippen molar-refractivity contribution >= 4 is 7.69 Å². The van der Waals surface area contributed by atoms with Crippen LogP contribution >= 0.6 is 0 Å². The molecule has 0 bridgehead atoms. The summed E-state index contributed by atoms with van der Waals surface area (Å²) in [4.78, 5) is 0. The maximum Gasteiger partial charge on any atom is 0.432 e. The van der Waals surface area contributed by atoms with Crippen molar-refractivity contribution < 1.29 is 35.9 Å². The fourth-order valence-corrected chi connectivity index (χ4v) is 0. The molecule has 2 nitrogen and oxygen atoms in total. The molecule has 0 saturated carbocycles. The predicted octanol–water partition coefficient (Wildman–Crippen LogP) is -1.77. The van der Waals surface area contributed by atoms with Gasteiger partial charge in [-0.25, -0.2) is 0 Å². The van der Waals surface area contributed by atoms with Gasteiger partial charge in [-0.2, -0.15) is 0 Å². The zero-order valence-electron chi connectivity index (χ0n) is 2.10. The van der Waals surface area contributed by atoms with Gasteiger partial charge in [-0.05, 0) is 0 Å². The zero-order valence-corrected chi connectivity index (χ0v) is 5.69. The van der Waals surface area contributed by atoms with Crippen LogP contribution in [0.1, 0.15) is 0 Å². The van der Waals surface area contributed by atoms with Crippen molar-refractivity contribution in [3.63, 3.8) is 0 Å². The summed E-state index contributed by atoms with van der Waals surface area (Å²) in [6.07, 6.45) is 0. The molecule has 0 atom stereocenters. The summed E-state index contributed by atoms with van der Waals surface area (Å²) < 4.78 is 0. The Morgan fingerprint density at radius 1 is 1.25 bits per heavy atom. The van der Waals surface area contributed by atoms with Gasteiger partial charge in [-0.3, -0.25) is 0 Å². The quantitative estimate of drug-likeness (QED) is 0.478. The fraction of sp³-hybridized carbons (Fsp3) is 0. The molecule has 0 fully saturated rings. The van der Waals surface area contributed by atoms with Gasteiger partial charge >= 0.3 is 7.69 Å². The monoisotopic (exact) mass is 226 g/mol. The van der Waals surface area contributed by atoms with Crippen LogP contribution in [-0.2, 0) is 25.8 Å². The standard InChI is InChI=1S/BH3O2.Hf/c2-1-3;/h1-3H;. The first-order chi connectivity index (χ1) is 1.41. The van der Waals surface area contributed by atoms with E-state index in [1.807, 2.05) is 0 Å². The summed E-state index contributed by atoms with van der Waals surface area (Å²) in [6.45, 7) is 0. The summed E-state index contributed by atoms with van der Waals surface area (Å²) >= 11 is 0. The first-order valence-electron chi connectivity index (χ1n) is 0.632. The minimum absolute atomic E-state index is 0. The van der Waals surface area contributed by atoms with Gasteiger partial charge in [-0.15, -0.1) is 0 Å². The average Bonchev–Trinajstić information content (AvgIpc) is 0.918. The molecule has 0 aromatic rings. The number of rotatable bonds is 0. The van der Waals surface area contributed by atoms with Crippen LogP contribution in [0.3, 0.4) is 0 Å². The van der Waals surface area contributed by atoms with Crippen LogP contribution in [0.5, 0.6) is 0 Å². The maximum absolute atomic E-state index is 7.12. The van der Waals surface area contributed by atoms with Gasteiger partial charge in [-0.1, -0.05) is 0 Å². The van der Waals surface area contributed by atoms with Crippen molar-refractivity contribution in [3.05, 3.63) is 0 Å². The first kappa shape index (κ1) is 8.85. The van der Waals surface area contributed by atoms with Crippen LogP contribution < -0.4 is 0 Å². The Bertz CT molecular complexity index is 6.00. The molecule has 0 saturated heterocycles. The first-order valence-corrected chi connectivity index (χ1v) is 0.632. The average molecular weight is 224 g/mol. The van der Waals surface area contributed by atoms with Crippen molar-refractivity contribution in [2.45, 2.75) is 0 Å². The molecule has 0 aliphatic rings. The molecular formula is H3BHfO2. The second kappa shape index (κ2) is 9.13. The van der Waals surface area contributed by atoms with Gasteiger partial charge in [0.25, 0.3) is 0 Å². The van der Waals surface area contributed by atoms with E-state index in [9.17, 15) is 0 Å². The van der Waals surface area contributed by atoms with E-state index in [0.717, 1.165) is 0 Å². The van der Waals surface area contributed by atoms with Crippen LogP contribution in [0, 0.1) is 0 Å². The summed E-state index contributed by atoms with van der Waals surface area (Å²) in [6, 6.07) is 0. The largest absolute Gasteiger partial charge is 0.432 e. The third-order valence-electron chi connectivity index (χ3n) is 0. The molecule has 0 aromatic carbocycles. The molecule has 0 heterocycles. The molecule has 0 amide bonds. The van der Waals surface area contributed by atoms with Gasteiger partial charge in [0.1, 0.15) is 0 Å². The van der Waals surface area contributed by atoms with Crippen molar-refractivity contribution in [3.8, 4) is 0 Å². The summed E-state index contributed by atoms with van der Waals surface area (Å²) in [5, 5.41) is 14.2. The van der Waals surface area contributed by atoms with Crippen molar-refractivity contribution in [1.29, 1.82) is 0 Å². The van der Waals surface area contributed by atoms with Gasteiger partial charge in [0, 0.05) is 25.8 Å². The minimum Gasteiger partial charge on any atom is -0.430 e. The fourth-order valence-electron chi connectivity index (χ4n) is 0. The SMILES string of the molecule is OBO.[Hf]. The van der Waals surface area contributed by atoms with E-state index in [2.05, 4.69) is 0 Å². The van der Waals surface area contributed by atoms with Crippen LogP contribution in [0.4, 0.5) is 0 Å². The molecule has 0 aliphatic heterocycles. The van der Waals surface area contributed by atoms with Crippen molar-refractivity contribution in [2.24, 2.45) is 0 Å². The molecule has 0 spiro atoms. The third kappa shape index (κ3) is 13.4.